The maximum atomic E-state index is 12.7. The summed E-state index contributed by atoms with van der Waals surface area (Å²) in [6.45, 7) is 2.39. The summed E-state index contributed by atoms with van der Waals surface area (Å²) in [5.41, 5.74) is 1.93. The van der Waals surface area contributed by atoms with Crippen LogP contribution in [0.4, 0.5) is 5.13 Å². The van der Waals surface area contributed by atoms with Crippen LogP contribution < -0.4 is 14.8 Å². The minimum absolute atomic E-state index is 0.142. The third-order valence-corrected chi connectivity index (χ3v) is 6.62. The molecule has 0 aliphatic carbocycles. The number of nitrogens with zero attached hydrogens (tertiary/aromatic N) is 4. The number of amides is 1. The molecule has 2 heterocycles. The predicted molar refractivity (Wildman–Crippen MR) is 130 cm³/mol. The quantitative estimate of drug-likeness (QED) is 0.350. The molecule has 1 N–H and O–H groups in total. The van der Waals surface area contributed by atoms with E-state index in [-0.39, 0.29) is 5.91 Å². The van der Waals surface area contributed by atoms with Crippen molar-refractivity contribution in [2.45, 2.75) is 23.9 Å². The van der Waals surface area contributed by atoms with Crippen molar-refractivity contribution in [3.8, 4) is 22.9 Å². The first-order valence-electron chi connectivity index (χ1n) is 10.2. The summed E-state index contributed by atoms with van der Waals surface area (Å²) in [4.78, 5) is 16.8. The second-order valence-corrected chi connectivity index (χ2v) is 9.24. The summed E-state index contributed by atoms with van der Waals surface area (Å²) < 4.78 is 12.8. The lowest BCUT2D eigenvalue weighted by molar-refractivity contribution is -0.115. The van der Waals surface area contributed by atoms with Gasteiger partial charge in [-0.3, -0.25) is 9.36 Å². The lowest BCUT2D eigenvalue weighted by Crippen LogP contribution is -2.23. The first-order chi connectivity index (χ1) is 16.1. The zero-order chi connectivity index (χ0) is 23.2. The van der Waals surface area contributed by atoms with Crippen molar-refractivity contribution in [1.29, 1.82) is 0 Å². The molecule has 1 atom stereocenters. The second-order valence-electron chi connectivity index (χ2n) is 7.03. The number of benzene rings is 2. The Bertz CT molecular complexity index is 1210. The summed E-state index contributed by atoms with van der Waals surface area (Å²) in [5, 5.41) is 14.3. The highest BCUT2D eigenvalue weighted by molar-refractivity contribution is 8.00. The maximum absolute atomic E-state index is 12.7. The number of hydrogen-bond donors (Lipinski definition) is 1. The van der Waals surface area contributed by atoms with Gasteiger partial charge in [0.2, 0.25) is 5.91 Å². The molecule has 8 nitrogen and oxygen atoms in total. The van der Waals surface area contributed by atoms with E-state index in [1.54, 1.807) is 20.4 Å². The molecule has 170 valence electrons. The molecule has 4 aromatic rings. The molecule has 10 heteroatoms. The van der Waals surface area contributed by atoms with E-state index in [2.05, 4.69) is 20.5 Å². The number of aromatic nitrogens is 4. The molecular formula is C23H23N5O3S2. The lowest BCUT2D eigenvalue weighted by atomic mass is 10.1. The minimum Gasteiger partial charge on any atom is -0.493 e. The largest absolute Gasteiger partial charge is 0.493 e. The second kappa shape index (κ2) is 10.5. The molecular weight excluding hydrogens is 458 g/mol. The highest BCUT2D eigenvalue weighted by atomic mass is 32.2. The number of anilines is 1. The Labute approximate surface area is 200 Å². The first kappa shape index (κ1) is 22.8. The molecule has 0 bridgehead atoms. The van der Waals surface area contributed by atoms with Gasteiger partial charge in [0.1, 0.15) is 0 Å². The number of rotatable bonds is 9. The monoisotopic (exact) mass is 481 g/mol. The molecule has 1 amide bonds. The molecule has 0 aliphatic heterocycles. The van der Waals surface area contributed by atoms with Gasteiger partial charge in [0.25, 0.3) is 0 Å². The highest BCUT2D eigenvalue weighted by Gasteiger charge is 2.22. The Hall–Kier alpha value is -3.37. The molecule has 0 fully saturated rings. The first-order valence-corrected chi connectivity index (χ1v) is 11.9. The standard InChI is InChI=1S/C23H23N5O3S2/c1-15(21(29)25-22-24-11-12-32-22)33-23-27-26-20(28(23)14-16-7-5-4-6-8-16)17-9-10-18(30-2)19(13-17)31-3/h4-13,15H,14H2,1-3H3,(H,24,25,29)/t15-/m0/s1. The van der Waals surface area contributed by atoms with Crippen molar-refractivity contribution in [1.82, 2.24) is 19.7 Å². The van der Waals surface area contributed by atoms with Gasteiger partial charge in [0.05, 0.1) is 26.0 Å². The molecule has 2 aromatic heterocycles. The average Bonchev–Trinajstić information content (AvgIpc) is 3.49. The van der Waals surface area contributed by atoms with Crippen LogP contribution in [0.15, 0.2) is 65.3 Å². The van der Waals surface area contributed by atoms with E-state index in [1.165, 1.54) is 23.1 Å². The Morgan fingerprint density at radius 2 is 1.91 bits per heavy atom. The Morgan fingerprint density at radius 1 is 1.12 bits per heavy atom. The number of thioether (sulfide) groups is 1. The third-order valence-electron chi connectivity index (χ3n) is 4.86. The Balaban J connectivity index is 1.66. The van der Waals surface area contributed by atoms with Crippen LogP contribution >= 0.6 is 23.1 Å². The number of thiazole rings is 1. The number of hydrogen-bond acceptors (Lipinski definition) is 8. The summed E-state index contributed by atoms with van der Waals surface area (Å²) in [7, 11) is 3.20. The van der Waals surface area contributed by atoms with Crippen molar-refractivity contribution >= 4 is 34.1 Å². The molecule has 0 unspecified atom stereocenters. The van der Waals surface area contributed by atoms with E-state index in [4.69, 9.17) is 9.47 Å². The van der Waals surface area contributed by atoms with Crippen molar-refractivity contribution in [3.05, 3.63) is 65.7 Å². The highest BCUT2D eigenvalue weighted by Crippen LogP contribution is 2.34. The maximum Gasteiger partial charge on any atom is 0.239 e. The van der Waals surface area contributed by atoms with E-state index in [0.717, 1.165) is 11.1 Å². The van der Waals surface area contributed by atoms with E-state index in [0.29, 0.717) is 34.2 Å². The third kappa shape index (κ3) is 5.35. The van der Waals surface area contributed by atoms with E-state index < -0.39 is 5.25 Å². The van der Waals surface area contributed by atoms with Gasteiger partial charge in [-0.25, -0.2) is 4.98 Å². The van der Waals surface area contributed by atoms with Crippen molar-refractivity contribution < 1.29 is 14.3 Å². The molecule has 0 saturated heterocycles. The topological polar surface area (TPSA) is 91.2 Å². The van der Waals surface area contributed by atoms with Gasteiger partial charge in [0.15, 0.2) is 27.6 Å². The SMILES string of the molecule is COc1ccc(-c2nnc(S[C@@H](C)C(=O)Nc3nccs3)n2Cc2ccccc2)cc1OC. The molecule has 0 saturated carbocycles. The van der Waals surface area contributed by atoms with Gasteiger partial charge in [-0.15, -0.1) is 21.5 Å². The molecule has 0 aliphatic rings. The number of methoxy groups -OCH3 is 2. The summed E-state index contributed by atoms with van der Waals surface area (Å²) in [5.74, 6) is 1.78. The summed E-state index contributed by atoms with van der Waals surface area (Å²) in [6, 6.07) is 15.7. The Kier molecular flexibility index (Phi) is 7.26. The van der Waals surface area contributed by atoms with Crippen molar-refractivity contribution in [3.63, 3.8) is 0 Å². The fourth-order valence-electron chi connectivity index (χ4n) is 3.18. The van der Waals surface area contributed by atoms with Gasteiger partial charge in [-0.05, 0) is 30.7 Å². The number of nitrogens with one attached hydrogen (secondary N) is 1. The van der Waals surface area contributed by atoms with Crippen LogP contribution in [-0.2, 0) is 11.3 Å². The molecule has 33 heavy (non-hydrogen) atoms. The smallest absolute Gasteiger partial charge is 0.239 e. The number of carbonyl (C=O) groups excluding carboxylic acids is 1. The van der Waals surface area contributed by atoms with Crippen LogP contribution in [0.3, 0.4) is 0 Å². The van der Waals surface area contributed by atoms with Crippen LogP contribution in [0.1, 0.15) is 12.5 Å². The van der Waals surface area contributed by atoms with Crippen molar-refractivity contribution in [2.24, 2.45) is 0 Å². The molecule has 0 radical (unpaired) electrons. The van der Waals surface area contributed by atoms with E-state index >= 15 is 0 Å². The number of ether oxygens (including phenoxy) is 2. The van der Waals surface area contributed by atoms with Gasteiger partial charge in [-0.1, -0.05) is 42.1 Å². The Morgan fingerprint density at radius 3 is 2.61 bits per heavy atom. The van der Waals surface area contributed by atoms with Crippen LogP contribution in [0.5, 0.6) is 11.5 Å². The molecule has 4 rings (SSSR count). The van der Waals surface area contributed by atoms with Gasteiger partial charge < -0.3 is 14.8 Å². The van der Waals surface area contributed by atoms with Crippen LogP contribution in [0, 0.1) is 0 Å². The zero-order valence-corrected chi connectivity index (χ0v) is 20.0. The van der Waals surface area contributed by atoms with Gasteiger partial charge >= 0.3 is 0 Å². The van der Waals surface area contributed by atoms with Crippen LogP contribution in [0.25, 0.3) is 11.4 Å². The molecule has 2 aromatic carbocycles. The fourth-order valence-corrected chi connectivity index (χ4v) is 4.56. The van der Waals surface area contributed by atoms with Crippen molar-refractivity contribution in [2.75, 3.05) is 19.5 Å². The van der Waals surface area contributed by atoms with Gasteiger partial charge in [0, 0.05) is 17.1 Å². The van der Waals surface area contributed by atoms with Crippen LogP contribution in [0.2, 0.25) is 0 Å². The van der Waals surface area contributed by atoms with Gasteiger partial charge in [-0.2, -0.15) is 0 Å². The van der Waals surface area contributed by atoms with E-state index in [1.807, 2.05) is 65.4 Å². The molecule has 0 spiro atoms. The minimum atomic E-state index is -0.397. The predicted octanol–water partition coefficient (Wildman–Crippen LogP) is 4.59. The number of carbonyl (C=O) groups is 1. The summed E-state index contributed by atoms with van der Waals surface area (Å²) >= 11 is 2.73. The summed E-state index contributed by atoms with van der Waals surface area (Å²) in [6.07, 6.45) is 1.66. The average molecular weight is 482 g/mol. The fraction of sp³-hybridized carbons (Fsp3) is 0.217. The zero-order valence-electron chi connectivity index (χ0n) is 18.4. The lowest BCUT2D eigenvalue weighted by Gasteiger charge is -2.14. The normalized spacial score (nSPS) is 11.7. The van der Waals surface area contributed by atoms with Crippen LogP contribution in [-0.4, -0.2) is 45.1 Å². The van der Waals surface area contributed by atoms with E-state index in [9.17, 15) is 4.79 Å².